The highest BCUT2D eigenvalue weighted by Crippen LogP contribution is 2.28. The van der Waals surface area contributed by atoms with Gasteiger partial charge in [0.15, 0.2) is 0 Å². The number of aliphatic hydroxyl groups excluding tert-OH is 1. The highest BCUT2D eigenvalue weighted by molar-refractivity contribution is 6.31. The predicted molar refractivity (Wildman–Crippen MR) is 73.0 cm³/mol. The Bertz CT molecular complexity index is 397. The van der Waals surface area contributed by atoms with Gasteiger partial charge in [0.1, 0.15) is 0 Å². The van der Waals surface area contributed by atoms with E-state index in [-0.39, 0.29) is 18.2 Å². The van der Waals surface area contributed by atoms with Crippen molar-refractivity contribution in [2.75, 3.05) is 6.61 Å². The van der Waals surface area contributed by atoms with Crippen molar-refractivity contribution >= 4 is 11.6 Å². The fourth-order valence-electron chi connectivity index (χ4n) is 2.32. The normalized spacial score (nSPS) is 20.7. The third-order valence-electron chi connectivity index (χ3n) is 3.53. The first-order chi connectivity index (χ1) is 8.43. The molecule has 1 saturated carbocycles. The Morgan fingerprint density at radius 3 is 2.78 bits per heavy atom. The van der Waals surface area contributed by atoms with Crippen molar-refractivity contribution < 1.29 is 5.11 Å². The van der Waals surface area contributed by atoms with Crippen LogP contribution in [0.4, 0.5) is 0 Å². The molecule has 0 bridgehead atoms. The monoisotopic (exact) mass is 271 g/mol. The van der Waals surface area contributed by atoms with E-state index in [1.807, 2.05) is 17.8 Å². The zero-order chi connectivity index (χ0) is 13.3. The molecule has 2 atom stereocenters. The van der Waals surface area contributed by atoms with Crippen LogP contribution in [-0.4, -0.2) is 33.1 Å². The molecule has 1 aromatic heterocycles. The van der Waals surface area contributed by atoms with Gasteiger partial charge in [-0.1, -0.05) is 11.6 Å². The predicted octanol–water partition coefficient (Wildman–Crippen LogP) is 2.30. The van der Waals surface area contributed by atoms with Gasteiger partial charge in [-0.15, -0.1) is 0 Å². The summed E-state index contributed by atoms with van der Waals surface area (Å²) in [5.74, 6) is 0. The summed E-state index contributed by atoms with van der Waals surface area (Å²) >= 11 is 6.02. The Morgan fingerprint density at radius 2 is 2.33 bits per heavy atom. The average Bonchev–Trinajstić information content (AvgIpc) is 3.04. The first-order valence-electron chi connectivity index (χ1n) is 6.53. The number of nitrogens with zero attached hydrogens (tertiary/aromatic N) is 2. The van der Waals surface area contributed by atoms with Gasteiger partial charge < -0.3 is 10.4 Å². The Labute approximate surface area is 113 Å². The summed E-state index contributed by atoms with van der Waals surface area (Å²) < 4.78 is 1.89. The molecule has 0 spiro atoms. The molecule has 1 aliphatic rings. The van der Waals surface area contributed by atoms with Crippen LogP contribution in [0.15, 0.2) is 6.20 Å². The van der Waals surface area contributed by atoms with Crippen LogP contribution in [0.2, 0.25) is 5.02 Å². The van der Waals surface area contributed by atoms with Crippen LogP contribution in [0.25, 0.3) is 0 Å². The van der Waals surface area contributed by atoms with Gasteiger partial charge in [-0.3, -0.25) is 4.68 Å². The highest BCUT2D eigenvalue weighted by Gasteiger charge is 2.33. The summed E-state index contributed by atoms with van der Waals surface area (Å²) in [5, 5.41) is 18.2. The number of nitrogens with one attached hydrogen (secondary N) is 1. The van der Waals surface area contributed by atoms with E-state index in [1.165, 1.54) is 12.8 Å². The van der Waals surface area contributed by atoms with E-state index in [4.69, 9.17) is 11.6 Å². The number of halogens is 1. The van der Waals surface area contributed by atoms with Crippen molar-refractivity contribution in [3.05, 3.63) is 16.9 Å². The van der Waals surface area contributed by atoms with E-state index >= 15 is 0 Å². The fourth-order valence-corrected chi connectivity index (χ4v) is 2.46. The molecule has 102 valence electrons. The first-order valence-corrected chi connectivity index (χ1v) is 6.91. The largest absolute Gasteiger partial charge is 0.394 e. The minimum atomic E-state index is -0.243. The zero-order valence-electron chi connectivity index (χ0n) is 11.3. The van der Waals surface area contributed by atoms with E-state index in [9.17, 15) is 5.11 Å². The van der Waals surface area contributed by atoms with Crippen LogP contribution in [0.3, 0.4) is 0 Å². The van der Waals surface area contributed by atoms with Gasteiger partial charge in [-0.25, -0.2) is 0 Å². The minimum Gasteiger partial charge on any atom is -0.394 e. The summed E-state index contributed by atoms with van der Waals surface area (Å²) in [6.07, 6.45) is 5.13. The second-order valence-corrected chi connectivity index (χ2v) is 6.14. The molecule has 0 amide bonds. The minimum absolute atomic E-state index is 0.141. The number of aryl methyl sites for hydroxylation is 1. The van der Waals surface area contributed by atoms with Crippen molar-refractivity contribution in [2.45, 2.75) is 57.7 Å². The van der Waals surface area contributed by atoms with Crippen molar-refractivity contribution in [3.63, 3.8) is 0 Å². The molecule has 2 N–H and O–H groups in total. The molecule has 4 nitrogen and oxygen atoms in total. The van der Waals surface area contributed by atoms with Crippen LogP contribution < -0.4 is 5.32 Å². The summed E-state index contributed by atoms with van der Waals surface area (Å²) in [4.78, 5) is 0. The van der Waals surface area contributed by atoms with E-state index in [1.54, 1.807) is 0 Å². The SMILES string of the molecule is Cc1nn(C(C)CC(C)(CO)NC2CC2)cc1Cl. The number of hydrogen-bond acceptors (Lipinski definition) is 3. The van der Waals surface area contributed by atoms with E-state index in [0.717, 1.165) is 12.1 Å². The zero-order valence-corrected chi connectivity index (χ0v) is 12.0. The molecule has 0 saturated heterocycles. The third kappa shape index (κ3) is 3.25. The molecular weight excluding hydrogens is 250 g/mol. The van der Waals surface area contributed by atoms with Gasteiger partial charge >= 0.3 is 0 Å². The lowest BCUT2D eigenvalue weighted by molar-refractivity contribution is 0.147. The smallest absolute Gasteiger partial charge is 0.0815 e. The maximum absolute atomic E-state index is 9.60. The molecular formula is C13H22ClN3O. The van der Waals surface area contributed by atoms with Crippen LogP contribution in [0, 0.1) is 6.92 Å². The van der Waals surface area contributed by atoms with E-state index in [0.29, 0.717) is 11.1 Å². The fraction of sp³-hybridized carbons (Fsp3) is 0.769. The summed E-state index contributed by atoms with van der Waals surface area (Å²) in [6.45, 7) is 6.21. The molecule has 0 aromatic carbocycles. The summed E-state index contributed by atoms with van der Waals surface area (Å²) in [5.41, 5.74) is 0.608. The van der Waals surface area contributed by atoms with Gasteiger partial charge in [0, 0.05) is 17.8 Å². The molecule has 18 heavy (non-hydrogen) atoms. The van der Waals surface area contributed by atoms with Gasteiger partial charge in [0.25, 0.3) is 0 Å². The van der Waals surface area contributed by atoms with Crippen molar-refractivity contribution in [2.24, 2.45) is 0 Å². The Hall–Kier alpha value is -0.580. The Kier molecular flexibility index (Phi) is 3.99. The van der Waals surface area contributed by atoms with E-state index < -0.39 is 0 Å². The lowest BCUT2D eigenvalue weighted by Crippen LogP contribution is -2.48. The van der Waals surface area contributed by atoms with Crippen LogP contribution in [-0.2, 0) is 0 Å². The maximum atomic E-state index is 9.60. The molecule has 5 heteroatoms. The molecule has 2 rings (SSSR count). The Balaban J connectivity index is 2.01. The molecule has 1 aliphatic carbocycles. The number of rotatable bonds is 6. The molecule has 0 aliphatic heterocycles. The van der Waals surface area contributed by atoms with Gasteiger partial charge in [-0.2, -0.15) is 5.10 Å². The van der Waals surface area contributed by atoms with E-state index in [2.05, 4.69) is 24.3 Å². The number of aliphatic hydroxyl groups is 1. The standard InChI is InChI=1S/C13H22ClN3O/c1-9(17-7-12(14)10(2)16-17)6-13(3,8-18)15-11-4-5-11/h7,9,11,15,18H,4-6,8H2,1-3H3. The maximum Gasteiger partial charge on any atom is 0.0815 e. The molecule has 2 unspecified atom stereocenters. The lowest BCUT2D eigenvalue weighted by Gasteiger charge is -2.32. The van der Waals surface area contributed by atoms with Crippen molar-refractivity contribution in [3.8, 4) is 0 Å². The number of hydrogen-bond donors (Lipinski definition) is 2. The molecule has 1 heterocycles. The van der Waals surface area contributed by atoms with Crippen molar-refractivity contribution in [1.29, 1.82) is 0 Å². The highest BCUT2D eigenvalue weighted by atomic mass is 35.5. The van der Waals surface area contributed by atoms with Crippen LogP contribution in [0.5, 0.6) is 0 Å². The summed E-state index contributed by atoms with van der Waals surface area (Å²) in [6, 6.07) is 0.789. The van der Waals surface area contributed by atoms with Crippen LogP contribution in [0.1, 0.15) is 44.8 Å². The average molecular weight is 272 g/mol. The van der Waals surface area contributed by atoms with Gasteiger partial charge in [-0.05, 0) is 40.0 Å². The summed E-state index contributed by atoms with van der Waals surface area (Å²) in [7, 11) is 0. The van der Waals surface area contributed by atoms with Gasteiger partial charge in [0.05, 0.1) is 23.4 Å². The quantitative estimate of drug-likeness (QED) is 0.835. The van der Waals surface area contributed by atoms with Crippen molar-refractivity contribution in [1.82, 2.24) is 15.1 Å². The van der Waals surface area contributed by atoms with Gasteiger partial charge in [0.2, 0.25) is 0 Å². The second kappa shape index (κ2) is 5.19. The third-order valence-corrected chi connectivity index (χ3v) is 3.90. The van der Waals surface area contributed by atoms with Crippen LogP contribution >= 0.6 is 11.6 Å². The Morgan fingerprint density at radius 1 is 1.67 bits per heavy atom. The lowest BCUT2D eigenvalue weighted by atomic mass is 9.94. The topological polar surface area (TPSA) is 50.1 Å². The molecule has 1 fully saturated rings. The molecule has 0 radical (unpaired) electrons. The molecule has 1 aromatic rings. The second-order valence-electron chi connectivity index (χ2n) is 5.73. The number of aromatic nitrogens is 2. The first kappa shape index (κ1) is 13.8.